The van der Waals surface area contributed by atoms with Crippen LogP contribution in [0.5, 0.6) is 0 Å². The Hall–Kier alpha value is -5.74. The van der Waals surface area contributed by atoms with Crippen LogP contribution in [-0.2, 0) is 0 Å². The fourth-order valence-corrected chi connectivity index (χ4v) is 6.25. The average molecular weight is 535 g/mol. The molecule has 9 aromatic rings. The molecule has 0 aliphatic heterocycles. The van der Waals surface area contributed by atoms with Crippen molar-refractivity contribution in [3.05, 3.63) is 134 Å². The molecular formula is C38H22N4. The van der Waals surface area contributed by atoms with Crippen molar-refractivity contribution in [2.75, 3.05) is 0 Å². The van der Waals surface area contributed by atoms with E-state index in [4.69, 9.17) is 15.0 Å². The molecule has 9 rings (SSSR count). The molecule has 4 heteroatoms. The van der Waals surface area contributed by atoms with Gasteiger partial charge in [-0.1, -0.05) is 84.9 Å². The molecule has 0 bridgehead atoms. The highest BCUT2D eigenvalue weighted by Gasteiger charge is 2.15. The highest BCUT2D eigenvalue weighted by Crippen LogP contribution is 2.38. The molecule has 4 nitrogen and oxygen atoms in total. The lowest BCUT2D eigenvalue weighted by molar-refractivity contribution is 1.37. The Morgan fingerprint density at radius 3 is 1.81 bits per heavy atom. The van der Waals surface area contributed by atoms with Crippen molar-refractivity contribution in [3.63, 3.8) is 0 Å². The van der Waals surface area contributed by atoms with Crippen LogP contribution in [0.3, 0.4) is 0 Å². The number of hydrogen-bond acceptors (Lipinski definition) is 4. The van der Waals surface area contributed by atoms with Crippen molar-refractivity contribution in [1.29, 1.82) is 0 Å². The molecule has 0 atom stereocenters. The second kappa shape index (κ2) is 8.88. The number of nitrogens with zero attached hydrogens (tertiary/aromatic N) is 4. The van der Waals surface area contributed by atoms with Crippen LogP contribution in [0.25, 0.3) is 87.7 Å². The Balaban J connectivity index is 1.22. The molecule has 0 N–H and O–H groups in total. The maximum absolute atomic E-state index is 5.07. The molecule has 0 amide bonds. The second-order valence-electron chi connectivity index (χ2n) is 10.7. The summed E-state index contributed by atoms with van der Waals surface area (Å²) >= 11 is 0. The molecule has 0 radical (unpaired) electrons. The van der Waals surface area contributed by atoms with Crippen LogP contribution in [0.2, 0.25) is 0 Å². The molecule has 194 valence electrons. The van der Waals surface area contributed by atoms with E-state index in [0.29, 0.717) is 0 Å². The lowest BCUT2D eigenvalue weighted by atomic mass is 9.93. The third-order valence-corrected chi connectivity index (χ3v) is 8.28. The SMILES string of the molecule is c1cnc2c(c1)ccc1ccc(-c3ccc4cc(-c5c6ccccc6nc6c5ccc5cccnc56)ccc4c3)nc12. The third-order valence-electron chi connectivity index (χ3n) is 8.28. The highest BCUT2D eigenvalue weighted by molar-refractivity contribution is 6.16. The number of fused-ring (bicyclic) bond motifs is 8. The van der Waals surface area contributed by atoms with Gasteiger partial charge in [-0.25, -0.2) is 9.97 Å². The lowest BCUT2D eigenvalue weighted by Gasteiger charge is -2.14. The lowest BCUT2D eigenvalue weighted by Crippen LogP contribution is -1.92. The number of hydrogen-bond donors (Lipinski definition) is 0. The fourth-order valence-electron chi connectivity index (χ4n) is 6.25. The van der Waals surface area contributed by atoms with Crippen LogP contribution in [0.15, 0.2) is 134 Å². The number of benzene rings is 5. The average Bonchev–Trinajstić information content (AvgIpc) is 3.06. The molecule has 42 heavy (non-hydrogen) atoms. The second-order valence-corrected chi connectivity index (χ2v) is 10.7. The number of aromatic nitrogens is 4. The van der Waals surface area contributed by atoms with Gasteiger partial charge in [-0.15, -0.1) is 0 Å². The molecule has 4 aromatic heterocycles. The number of pyridine rings is 4. The molecule has 0 aliphatic rings. The minimum absolute atomic E-state index is 0.929. The van der Waals surface area contributed by atoms with E-state index in [-0.39, 0.29) is 0 Å². The van der Waals surface area contributed by atoms with Crippen molar-refractivity contribution in [1.82, 2.24) is 19.9 Å². The van der Waals surface area contributed by atoms with Crippen molar-refractivity contribution in [2.24, 2.45) is 0 Å². The predicted octanol–water partition coefficient (Wildman–Crippen LogP) is 9.52. The molecule has 4 heterocycles. The number of rotatable bonds is 2. The monoisotopic (exact) mass is 534 g/mol. The first-order valence-corrected chi connectivity index (χ1v) is 14.1. The standard InChI is InChI=1S/C38H22N4/c1-2-8-33-30(7-1)34(31-17-15-24-6-4-20-40-36(24)38(31)42-33)29-14-12-26-21-28(13-11-27(26)22-29)32-18-16-25-10-9-23-5-3-19-39-35(23)37(25)41-32/h1-22H. The topological polar surface area (TPSA) is 51.6 Å². The Morgan fingerprint density at radius 1 is 0.381 bits per heavy atom. The van der Waals surface area contributed by atoms with E-state index in [0.717, 1.165) is 71.3 Å². The largest absolute Gasteiger partial charge is 0.254 e. The summed E-state index contributed by atoms with van der Waals surface area (Å²) in [6, 6.07) is 42.6. The zero-order chi connectivity index (χ0) is 27.6. The molecule has 5 aromatic carbocycles. The quantitative estimate of drug-likeness (QED) is 0.164. The zero-order valence-corrected chi connectivity index (χ0v) is 22.5. The molecule has 0 spiro atoms. The van der Waals surface area contributed by atoms with Crippen LogP contribution < -0.4 is 0 Å². The smallest absolute Gasteiger partial charge is 0.0978 e. The summed E-state index contributed by atoms with van der Waals surface area (Å²) in [6.45, 7) is 0. The fraction of sp³-hybridized carbons (Fsp3) is 0. The zero-order valence-electron chi connectivity index (χ0n) is 22.5. The van der Waals surface area contributed by atoms with Gasteiger partial charge in [0.25, 0.3) is 0 Å². The molecule has 0 fully saturated rings. The number of para-hydroxylation sites is 1. The van der Waals surface area contributed by atoms with E-state index in [1.807, 2.05) is 30.6 Å². The molecule has 0 unspecified atom stereocenters. The van der Waals surface area contributed by atoms with Gasteiger partial charge in [0.1, 0.15) is 0 Å². The predicted molar refractivity (Wildman–Crippen MR) is 174 cm³/mol. The van der Waals surface area contributed by atoms with Crippen LogP contribution >= 0.6 is 0 Å². The van der Waals surface area contributed by atoms with Gasteiger partial charge in [0.05, 0.1) is 33.3 Å². The summed E-state index contributed by atoms with van der Waals surface area (Å²) in [6.07, 6.45) is 3.67. The third kappa shape index (κ3) is 3.49. The van der Waals surface area contributed by atoms with Crippen LogP contribution in [0.1, 0.15) is 0 Å². The van der Waals surface area contributed by atoms with Crippen molar-refractivity contribution in [2.45, 2.75) is 0 Å². The summed E-state index contributed by atoms with van der Waals surface area (Å²) < 4.78 is 0. The Labute approximate surface area is 241 Å². The first-order chi connectivity index (χ1) is 20.8. The van der Waals surface area contributed by atoms with Crippen molar-refractivity contribution in [3.8, 4) is 22.4 Å². The van der Waals surface area contributed by atoms with E-state index < -0.39 is 0 Å². The summed E-state index contributed by atoms with van der Waals surface area (Å²) in [5, 5.41) is 7.88. The van der Waals surface area contributed by atoms with Crippen molar-refractivity contribution >= 4 is 65.3 Å². The van der Waals surface area contributed by atoms with Gasteiger partial charge in [0, 0.05) is 50.5 Å². The van der Waals surface area contributed by atoms with Gasteiger partial charge in [-0.05, 0) is 52.7 Å². The van der Waals surface area contributed by atoms with Gasteiger partial charge in [0.2, 0.25) is 0 Å². The van der Waals surface area contributed by atoms with Crippen molar-refractivity contribution < 1.29 is 0 Å². The minimum Gasteiger partial charge on any atom is -0.254 e. The summed E-state index contributed by atoms with van der Waals surface area (Å²) in [7, 11) is 0. The van der Waals surface area contributed by atoms with E-state index in [9.17, 15) is 0 Å². The van der Waals surface area contributed by atoms with Gasteiger partial charge >= 0.3 is 0 Å². The maximum atomic E-state index is 5.07. The summed E-state index contributed by atoms with van der Waals surface area (Å²) in [4.78, 5) is 19.5. The highest BCUT2D eigenvalue weighted by atomic mass is 14.8. The summed E-state index contributed by atoms with van der Waals surface area (Å²) in [5.41, 5.74) is 9.07. The molecule has 0 saturated heterocycles. The van der Waals surface area contributed by atoms with E-state index in [1.54, 1.807) is 0 Å². The first-order valence-electron chi connectivity index (χ1n) is 14.1. The Kier molecular flexibility index (Phi) is 4.87. The Bertz CT molecular complexity index is 2530. The first kappa shape index (κ1) is 23.0. The van der Waals surface area contributed by atoms with Gasteiger partial charge in [0.15, 0.2) is 0 Å². The van der Waals surface area contributed by atoms with Gasteiger partial charge in [-0.2, -0.15) is 0 Å². The molecule has 0 saturated carbocycles. The normalized spacial score (nSPS) is 11.8. The maximum Gasteiger partial charge on any atom is 0.0978 e. The molecule has 0 aliphatic carbocycles. The van der Waals surface area contributed by atoms with Crippen LogP contribution in [0, 0.1) is 0 Å². The summed E-state index contributed by atoms with van der Waals surface area (Å²) in [5.74, 6) is 0. The van der Waals surface area contributed by atoms with E-state index >= 15 is 0 Å². The van der Waals surface area contributed by atoms with E-state index in [1.165, 1.54) is 16.3 Å². The van der Waals surface area contributed by atoms with Gasteiger partial charge < -0.3 is 0 Å². The van der Waals surface area contributed by atoms with Gasteiger partial charge in [-0.3, -0.25) is 9.97 Å². The van der Waals surface area contributed by atoms with Crippen LogP contribution in [-0.4, -0.2) is 19.9 Å². The minimum atomic E-state index is 0.929. The Morgan fingerprint density at radius 2 is 1.00 bits per heavy atom. The van der Waals surface area contributed by atoms with E-state index in [2.05, 4.69) is 108 Å². The van der Waals surface area contributed by atoms with Crippen LogP contribution in [0.4, 0.5) is 0 Å². The molecular weight excluding hydrogens is 512 g/mol.